The molecule has 0 saturated carbocycles. The van der Waals surface area contributed by atoms with Crippen molar-refractivity contribution in [2.45, 2.75) is 33.7 Å². The third kappa shape index (κ3) is 5.63. The predicted octanol–water partition coefficient (Wildman–Crippen LogP) is 2.22. The number of amides is 2. The van der Waals surface area contributed by atoms with Crippen molar-refractivity contribution in [2.24, 2.45) is 5.41 Å². The number of nitrogens with one attached hydrogen (secondary N) is 2. The van der Waals surface area contributed by atoms with Gasteiger partial charge in [-0.3, -0.25) is 14.4 Å². The van der Waals surface area contributed by atoms with Gasteiger partial charge < -0.3 is 20.3 Å². The highest BCUT2D eigenvalue weighted by molar-refractivity contribution is 5.96. The van der Waals surface area contributed by atoms with Gasteiger partial charge in [0.1, 0.15) is 6.54 Å². The van der Waals surface area contributed by atoms with Crippen LogP contribution in [0.4, 0.5) is 5.69 Å². The maximum Gasteiger partial charge on any atom is 0.323 e. The van der Waals surface area contributed by atoms with Crippen molar-refractivity contribution in [3.8, 4) is 0 Å². The number of hydrogen-bond acceptors (Lipinski definition) is 3. The van der Waals surface area contributed by atoms with Crippen LogP contribution in [0.5, 0.6) is 0 Å². The Hall–Kier alpha value is -2.83. The number of benzene rings is 1. The van der Waals surface area contributed by atoms with Crippen molar-refractivity contribution >= 4 is 34.4 Å². The first-order valence-electron chi connectivity index (χ1n) is 8.01. The van der Waals surface area contributed by atoms with Gasteiger partial charge in [-0.1, -0.05) is 20.8 Å². The largest absolute Gasteiger partial charge is 0.480 e. The summed E-state index contributed by atoms with van der Waals surface area (Å²) in [5, 5.41) is 15.0. The van der Waals surface area contributed by atoms with Gasteiger partial charge in [0.15, 0.2) is 0 Å². The lowest BCUT2D eigenvalue weighted by atomic mass is 9.92. The van der Waals surface area contributed by atoms with Crippen LogP contribution >= 0.6 is 0 Å². The molecule has 0 saturated heterocycles. The summed E-state index contributed by atoms with van der Waals surface area (Å²) in [6, 6.07) is 7.02. The second-order valence-electron chi connectivity index (χ2n) is 7.17. The third-order valence-electron chi connectivity index (χ3n) is 3.50. The maximum absolute atomic E-state index is 12.0. The van der Waals surface area contributed by atoms with E-state index in [4.69, 9.17) is 5.11 Å². The van der Waals surface area contributed by atoms with Crippen LogP contribution in [-0.4, -0.2) is 34.0 Å². The second-order valence-corrected chi connectivity index (χ2v) is 7.17. The Morgan fingerprint density at radius 2 is 1.84 bits per heavy atom. The highest BCUT2D eigenvalue weighted by Crippen LogP contribution is 2.21. The van der Waals surface area contributed by atoms with Gasteiger partial charge in [0.05, 0.1) is 6.54 Å². The van der Waals surface area contributed by atoms with Crippen LogP contribution in [0, 0.1) is 5.41 Å². The van der Waals surface area contributed by atoms with E-state index < -0.39 is 5.97 Å². The Kier molecular flexibility index (Phi) is 5.46. The monoisotopic (exact) mass is 345 g/mol. The number of hydrogen-bond donors (Lipinski definition) is 3. The van der Waals surface area contributed by atoms with Gasteiger partial charge in [0.25, 0.3) is 0 Å². The zero-order chi connectivity index (χ0) is 18.6. The maximum atomic E-state index is 12.0. The van der Waals surface area contributed by atoms with Gasteiger partial charge in [0.2, 0.25) is 11.8 Å². The first kappa shape index (κ1) is 18.5. The number of nitrogens with zero attached hydrogens (tertiary/aromatic N) is 1. The van der Waals surface area contributed by atoms with Crippen LogP contribution < -0.4 is 10.6 Å². The first-order valence-corrected chi connectivity index (χ1v) is 8.01. The fourth-order valence-corrected chi connectivity index (χ4v) is 2.49. The lowest BCUT2D eigenvalue weighted by molar-refractivity contribution is -0.137. The molecule has 1 aromatic carbocycles. The van der Waals surface area contributed by atoms with Crippen LogP contribution in [0.2, 0.25) is 0 Å². The summed E-state index contributed by atoms with van der Waals surface area (Å²) in [7, 11) is 0. The van der Waals surface area contributed by atoms with Gasteiger partial charge in [-0.05, 0) is 29.7 Å². The molecule has 0 bridgehead atoms. The Labute approximate surface area is 146 Å². The topological polar surface area (TPSA) is 100 Å². The first-order chi connectivity index (χ1) is 11.6. The summed E-state index contributed by atoms with van der Waals surface area (Å²) >= 11 is 0. The summed E-state index contributed by atoms with van der Waals surface area (Å²) in [6.07, 6.45) is 2.04. The molecule has 7 heteroatoms. The lowest BCUT2D eigenvalue weighted by Gasteiger charge is -2.17. The fraction of sp³-hybridized carbons (Fsp3) is 0.389. The van der Waals surface area contributed by atoms with Crippen LogP contribution in [0.1, 0.15) is 27.2 Å². The Bertz CT molecular complexity index is 802. The van der Waals surface area contributed by atoms with Crippen LogP contribution in [0.15, 0.2) is 30.5 Å². The van der Waals surface area contributed by atoms with E-state index in [2.05, 4.69) is 10.6 Å². The molecular formula is C18H23N3O4. The minimum absolute atomic E-state index is 0.0903. The van der Waals surface area contributed by atoms with Gasteiger partial charge in [-0.25, -0.2) is 0 Å². The quantitative estimate of drug-likeness (QED) is 0.747. The molecule has 0 atom stereocenters. The minimum atomic E-state index is -0.916. The van der Waals surface area contributed by atoms with Gasteiger partial charge >= 0.3 is 5.97 Å². The number of rotatable bonds is 6. The van der Waals surface area contributed by atoms with Gasteiger partial charge in [-0.15, -0.1) is 0 Å². The van der Waals surface area contributed by atoms with Crippen molar-refractivity contribution < 1.29 is 19.5 Å². The van der Waals surface area contributed by atoms with E-state index in [9.17, 15) is 14.4 Å². The molecule has 25 heavy (non-hydrogen) atoms. The molecule has 2 aromatic rings. The molecule has 3 N–H and O–H groups in total. The summed E-state index contributed by atoms with van der Waals surface area (Å²) in [6.45, 7) is 5.66. The lowest BCUT2D eigenvalue weighted by Crippen LogP contribution is -2.34. The molecule has 0 spiro atoms. The average Bonchev–Trinajstić information content (AvgIpc) is 2.85. The number of carboxylic acid groups (broad SMARTS) is 1. The van der Waals surface area contributed by atoms with Crippen molar-refractivity contribution in [3.05, 3.63) is 30.5 Å². The molecule has 2 amide bonds. The number of fused-ring (bicyclic) bond motifs is 1. The van der Waals surface area contributed by atoms with E-state index >= 15 is 0 Å². The molecular weight excluding hydrogens is 322 g/mol. The normalized spacial score (nSPS) is 11.3. The number of carboxylic acids is 1. The summed E-state index contributed by atoms with van der Waals surface area (Å²) in [4.78, 5) is 34.5. The highest BCUT2D eigenvalue weighted by Gasteiger charge is 2.16. The van der Waals surface area contributed by atoms with E-state index in [-0.39, 0.29) is 30.3 Å². The molecule has 0 aliphatic carbocycles. The van der Waals surface area contributed by atoms with Crippen LogP contribution in [0.3, 0.4) is 0 Å². The fourth-order valence-electron chi connectivity index (χ4n) is 2.49. The van der Waals surface area contributed by atoms with Crippen LogP contribution in [0.25, 0.3) is 10.9 Å². The van der Waals surface area contributed by atoms with Crippen molar-refractivity contribution in [2.75, 3.05) is 11.9 Å². The van der Waals surface area contributed by atoms with Gasteiger partial charge in [-0.2, -0.15) is 0 Å². The molecule has 0 aliphatic heterocycles. The summed E-state index contributed by atoms with van der Waals surface area (Å²) in [5.74, 6) is -1.39. The van der Waals surface area contributed by atoms with E-state index in [1.54, 1.807) is 35.0 Å². The predicted molar refractivity (Wildman–Crippen MR) is 95.3 cm³/mol. The Morgan fingerprint density at radius 1 is 1.12 bits per heavy atom. The standard InChI is InChI=1S/C18H23N3O4/c1-18(2,3)9-15(22)19-10-16(23)20-13-4-5-14-12(8-13)6-7-21(14)11-17(24)25/h4-8H,9-11H2,1-3H3,(H,19,22)(H,20,23)(H,24,25). The summed E-state index contributed by atoms with van der Waals surface area (Å²) < 4.78 is 1.62. The Balaban J connectivity index is 1.95. The molecule has 0 unspecified atom stereocenters. The van der Waals surface area contributed by atoms with E-state index in [0.717, 1.165) is 10.9 Å². The number of anilines is 1. The highest BCUT2D eigenvalue weighted by atomic mass is 16.4. The molecule has 0 fully saturated rings. The minimum Gasteiger partial charge on any atom is -0.480 e. The SMILES string of the molecule is CC(C)(C)CC(=O)NCC(=O)Nc1ccc2c(ccn2CC(=O)O)c1. The molecule has 1 aromatic heterocycles. The second kappa shape index (κ2) is 7.38. The number of aliphatic carboxylic acids is 1. The van der Waals surface area contributed by atoms with Crippen molar-refractivity contribution in [3.63, 3.8) is 0 Å². The zero-order valence-corrected chi connectivity index (χ0v) is 14.6. The zero-order valence-electron chi connectivity index (χ0n) is 14.6. The number of carbonyl (C=O) groups excluding carboxylic acids is 2. The molecule has 0 radical (unpaired) electrons. The smallest absolute Gasteiger partial charge is 0.323 e. The number of carbonyl (C=O) groups is 3. The van der Waals surface area contributed by atoms with E-state index in [1.165, 1.54) is 0 Å². The van der Waals surface area contributed by atoms with Gasteiger partial charge in [0, 0.05) is 29.2 Å². The third-order valence-corrected chi connectivity index (χ3v) is 3.50. The van der Waals surface area contributed by atoms with Crippen LogP contribution in [-0.2, 0) is 20.9 Å². The van der Waals surface area contributed by atoms with Crippen molar-refractivity contribution in [1.82, 2.24) is 9.88 Å². The molecule has 2 rings (SSSR count). The van der Waals surface area contributed by atoms with E-state index in [1.807, 2.05) is 20.8 Å². The van der Waals surface area contributed by atoms with E-state index in [0.29, 0.717) is 12.1 Å². The Morgan fingerprint density at radius 3 is 2.48 bits per heavy atom. The van der Waals surface area contributed by atoms with Crippen molar-refractivity contribution in [1.29, 1.82) is 0 Å². The molecule has 7 nitrogen and oxygen atoms in total. The summed E-state index contributed by atoms with van der Waals surface area (Å²) in [5.41, 5.74) is 1.24. The average molecular weight is 345 g/mol. The molecule has 1 heterocycles. The number of aromatic nitrogens is 1. The molecule has 134 valence electrons. The molecule has 0 aliphatic rings.